The van der Waals surface area contributed by atoms with Crippen LogP contribution in [0.15, 0.2) is 41.1 Å². The topological polar surface area (TPSA) is 42.4 Å². The van der Waals surface area contributed by atoms with E-state index in [0.717, 1.165) is 4.47 Å². The number of methoxy groups -OCH3 is 1. The zero-order valence-electron chi connectivity index (χ0n) is 9.60. The molecule has 0 saturated heterocycles. The van der Waals surface area contributed by atoms with Gasteiger partial charge in [0.25, 0.3) is 0 Å². The summed E-state index contributed by atoms with van der Waals surface area (Å²) in [6.07, 6.45) is 2.41. The number of halogens is 2. The van der Waals surface area contributed by atoms with E-state index in [4.69, 9.17) is 16.3 Å². The lowest BCUT2D eigenvalue weighted by atomic mass is 10.0. The van der Waals surface area contributed by atoms with Crippen molar-refractivity contribution in [3.63, 3.8) is 0 Å². The Morgan fingerprint density at radius 1 is 1.28 bits per heavy atom. The van der Waals surface area contributed by atoms with Gasteiger partial charge in [0.1, 0.15) is 11.9 Å². The third-order valence-electron chi connectivity index (χ3n) is 2.55. The molecular weight excluding hydrogens is 318 g/mol. The fraction of sp³-hybridized carbons (Fsp3) is 0.154. The largest absolute Gasteiger partial charge is 0.495 e. The van der Waals surface area contributed by atoms with E-state index >= 15 is 0 Å². The highest BCUT2D eigenvalue weighted by Gasteiger charge is 2.13. The number of benzene rings is 1. The molecule has 94 valence electrons. The number of ether oxygens (including phenoxy) is 1. The lowest BCUT2D eigenvalue weighted by Crippen LogP contribution is -2.01. The number of pyridine rings is 1. The Morgan fingerprint density at radius 2 is 2.06 bits per heavy atom. The number of hydrogen-bond acceptors (Lipinski definition) is 3. The van der Waals surface area contributed by atoms with Gasteiger partial charge in [-0.2, -0.15) is 0 Å². The van der Waals surface area contributed by atoms with Gasteiger partial charge in [0, 0.05) is 16.2 Å². The van der Waals surface area contributed by atoms with Gasteiger partial charge in [0.05, 0.1) is 18.3 Å². The lowest BCUT2D eigenvalue weighted by Gasteiger charge is -2.12. The zero-order chi connectivity index (χ0) is 13.1. The highest BCUT2D eigenvalue weighted by atomic mass is 79.9. The smallest absolute Gasteiger partial charge is 0.137 e. The summed E-state index contributed by atoms with van der Waals surface area (Å²) in [5, 5.41) is 10.8. The van der Waals surface area contributed by atoms with Gasteiger partial charge in [-0.3, -0.25) is 4.98 Å². The van der Waals surface area contributed by atoms with E-state index in [9.17, 15) is 5.11 Å². The second-order valence-electron chi connectivity index (χ2n) is 3.73. The third-order valence-corrected chi connectivity index (χ3v) is 3.78. The number of aliphatic hydroxyl groups is 1. The highest BCUT2D eigenvalue weighted by molar-refractivity contribution is 9.10. The molecule has 18 heavy (non-hydrogen) atoms. The van der Waals surface area contributed by atoms with Crippen LogP contribution in [0.4, 0.5) is 0 Å². The molecule has 2 rings (SSSR count). The van der Waals surface area contributed by atoms with Crippen LogP contribution in [0.2, 0.25) is 5.02 Å². The molecule has 1 heterocycles. The van der Waals surface area contributed by atoms with Crippen LogP contribution < -0.4 is 4.74 Å². The van der Waals surface area contributed by atoms with Crippen molar-refractivity contribution in [1.82, 2.24) is 4.98 Å². The van der Waals surface area contributed by atoms with Gasteiger partial charge >= 0.3 is 0 Å². The van der Waals surface area contributed by atoms with E-state index < -0.39 is 6.10 Å². The fourth-order valence-electron chi connectivity index (χ4n) is 1.57. The summed E-state index contributed by atoms with van der Waals surface area (Å²) in [6, 6.07) is 7.07. The highest BCUT2D eigenvalue weighted by Crippen LogP contribution is 2.29. The molecule has 1 aromatic carbocycles. The first kappa shape index (κ1) is 13.3. The Balaban J connectivity index is 2.34. The Bertz CT molecular complexity index is 562. The van der Waals surface area contributed by atoms with E-state index in [1.54, 1.807) is 43.8 Å². The Labute approximate surface area is 119 Å². The second-order valence-corrected chi connectivity index (χ2v) is 5.00. The Morgan fingerprint density at radius 3 is 2.72 bits per heavy atom. The van der Waals surface area contributed by atoms with Gasteiger partial charge in [-0.25, -0.2) is 0 Å². The molecule has 1 N–H and O–H groups in total. The molecule has 1 unspecified atom stereocenters. The molecule has 0 amide bonds. The summed E-state index contributed by atoms with van der Waals surface area (Å²) in [6.45, 7) is 0. The van der Waals surface area contributed by atoms with Gasteiger partial charge in [-0.05, 0) is 39.7 Å². The average molecular weight is 329 g/mol. The van der Waals surface area contributed by atoms with Crippen molar-refractivity contribution in [3.05, 3.63) is 57.3 Å². The maximum Gasteiger partial charge on any atom is 0.137 e. The van der Waals surface area contributed by atoms with Gasteiger partial charge in [0.15, 0.2) is 0 Å². The molecule has 0 bridgehead atoms. The predicted molar refractivity (Wildman–Crippen MR) is 74.0 cm³/mol. The SMILES string of the molecule is COc1cncc(C(O)c2ccc(Br)c(Cl)c2)c1. The lowest BCUT2D eigenvalue weighted by molar-refractivity contribution is 0.219. The first-order chi connectivity index (χ1) is 8.61. The molecule has 0 aliphatic heterocycles. The van der Waals surface area contributed by atoms with E-state index in [1.807, 2.05) is 0 Å². The van der Waals surface area contributed by atoms with Gasteiger partial charge in [-0.1, -0.05) is 17.7 Å². The summed E-state index contributed by atoms with van der Waals surface area (Å²) in [5.74, 6) is 0.606. The molecular formula is C13H11BrClNO2. The van der Waals surface area contributed by atoms with E-state index in [2.05, 4.69) is 20.9 Å². The molecule has 0 fully saturated rings. The van der Waals surface area contributed by atoms with Crippen LogP contribution in [0.3, 0.4) is 0 Å². The van der Waals surface area contributed by atoms with Crippen LogP contribution in [0, 0.1) is 0 Å². The van der Waals surface area contributed by atoms with Crippen molar-refractivity contribution in [2.75, 3.05) is 7.11 Å². The van der Waals surface area contributed by atoms with Crippen LogP contribution in [0.5, 0.6) is 5.75 Å². The summed E-state index contributed by atoms with van der Waals surface area (Å²) in [4.78, 5) is 4.01. The molecule has 0 radical (unpaired) electrons. The quantitative estimate of drug-likeness (QED) is 0.936. The van der Waals surface area contributed by atoms with Gasteiger partial charge in [0.2, 0.25) is 0 Å². The number of nitrogens with zero attached hydrogens (tertiary/aromatic N) is 1. The Hall–Kier alpha value is -1.10. The number of aromatic nitrogens is 1. The van der Waals surface area contributed by atoms with Crippen molar-refractivity contribution in [2.45, 2.75) is 6.10 Å². The maximum absolute atomic E-state index is 10.3. The van der Waals surface area contributed by atoms with Crippen LogP contribution in [0.1, 0.15) is 17.2 Å². The number of rotatable bonds is 3. The fourth-order valence-corrected chi connectivity index (χ4v) is 2.01. The minimum Gasteiger partial charge on any atom is -0.495 e. The van der Waals surface area contributed by atoms with Gasteiger partial charge < -0.3 is 9.84 Å². The van der Waals surface area contributed by atoms with Crippen molar-refractivity contribution in [3.8, 4) is 5.75 Å². The first-order valence-corrected chi connectivity index (χ1v) is 6.41. The second kappa shape index (κ2) is 5.69. The normalized spacial score (nSPS) is 12.2. The molecule has 5 heteroatoms. The Kier molecular flexibility index (Phi) is 4.22. The molecule has 0 aliphatic carbocycles. The molecule has 1 aromatic heterocycles. The van der Waals surface area contributed by atoms with Crippen molar-refractivity contribution < 1.29 is 9.84 Å². The molecule has 0 saturated carbocycles. The van der Waals surface area contributed by atoms with Crippen molar-refractivity contribution >= 4 is 27.5 Å². The predicted octanol–water partition coefficient (Wildman–Crippen LogP) is 3.59. The summed E-state index contributed by atoms with van der Waals surface area (Å²) >= 11 is 9.32. The average Bonchev–Trinajstić information content (AvgIpc) is 2.41. The summed E-state index contributed by atoms with van der Waals surface area (Å²) < 4.78 is 5.87. The number of hydrogen-bond donors (Lipinski definition) is 1. The number of aliphatic hydroxyl groups excluding tert-OH is 1. The van der Waals surface area contributed by atoms with Gasteiger partial charge in [-0.15, -0.1) is 0 Å². The first-order valence-electron chi connectivity index (χ1n) is 5.24. The maximum atomic E-state index is 10.3. The monoisotopic (exact) mass is 327 g/mol. The molecule has 0 spiro atoms. The minimum absolute atomic E-state index is 0.558. The third kappa shape index (κ3) is 2.83. The zero-order valence-corrected chi connectivity index (χ0v) is 11.9. The van der Waals surface area contributed by atoms with Crippen LogP contribution >= 0.6 is 27.5 Å². The van der Waals surface area contributed by atoms with Crippen LogP contribution in [-0.2, 0) is 0 Å². The van der Waals surface area contributed by atoms with E-state index in [-0.39, 0.29) is 0 Å². The molecule has 2 aromatic rings. The van der Waals surface area contributed by atoms with E-state index in [0.29, 0.717) is 21.9 Å². The van der Waals surface area contributed by atoms with Crippen LogP contribution in [0.25, 0.3) is 0 Å². The summed E-state index contributed by atoms with van der Waals surface area (Å²) in [5.41, 5.74) is 1.37. The van der Waals surface area contributed by atoms with Crippen LogP contribution in [-0.4, -0.2) is 17.2 Å². The van der Waals surface area contributed by atoms with Crippen molar-refractivity contribution in [2.24, 2.45) is 0 Å². The van der Waals surface area contributed by atoms with Crippen molar-refractivity contribution in [1.29, 1.82) is 0 Å². The van der Waals surface area contributed by atoms with E-state index in [1.165, 1.54) is 0 Å². The molecule has 0 aliphatic rings. The molecule has 3 nitrogen and oxygen atoms in total. The molecule has 1 atom stereocenters. The summed E-state index contributed by atoms with van der Waals surface area (Å²) in [7, 11) is 1.56. The minimum atomic E-state index is -0.779. The standard InChI is InChI=1S/C13H11BrClNO2/c1-18-10-4-9(6-16-7-10)13(17)8-2-3-11(14)12(15)5-8/h2-7,13,17H,1H3.